The lowest BCUT2D eigenvalue weighted by Crippen LogP contribution is -2.49. The van der Waals surface area contributed by atoms with Gasteiger partial charge in [0.25, 0.3) is 10.2 Å². The standard InChI is InChI=1S/C13H25N3O4S/c1-2-20-13(17)12-6-4-8-16(12)21(18,19)15-10-11-5-3-7-14-9-11/h11-12,14-15H,2-10H2,1H3. The van der Waals surface area contributed by atoms with Gasteiger partial charge in [-0.25, -0.2) is 4.72 Å². The fraction of sp³-hybridized carbons (Fsp3) is 0.923. The van der Waals surface area contributed by atoms with E-state index < -0.39 is 22.2 Å². The maximum absolute atomic E-state index is 12.4. The lowest BCUT2D eigenvalue weighted by Gasteiger charge is -2.26. The first-order valence-corrected chi connectivity index (χ1v) is 9.12. The van der Waals surface area contributed by atoms with Gasteiger partial charge in [0.05, 0.1) is 6.61 Å². The van der Waals surface area contributed by atoms with Crippen LogP contribution in [0, 0.1) is 5.92 Å². The lowest BCUT2D eigenvalue weighted by molar-refractivity contribution is -0.146. The molecule has 2 aliphatic rings. The van der Waals surface area contributed by atoms with E-state index in [-0.39, 0.29) is 6.61 Å². The molecule has 2 unspecified atom stereocenters. The van der Waals surface area contributed by atoms with Crippen LogP contribution in [0.3, 0.4) is 0 Å². The van der Waals surface area contributed by atoms with Crippen molar-refractivity contribution in [3.05, 3.63) is 0 Å². The van der Waals surface area contributed by atoms with Gasteiger partial charge in [-0.3, -0.25) is 4.79 Å². The maximum atomic E-state index is 12.4. The van der Waals surface area contributed by atoms with Gasteiger partial charge in [-0.15, -0.1) is 0 Å². The average Bonchev–Trinajstić information content (AvgIpc) is 2.97. The molecule has 0 bridgehead atoms. The first kappa shape index (κ1) is 16.7. The van der Waals surface area contributed by atoms with E-state index in [1.165, 1.54) is 4.31 Å². The SMILES string of the molecule is CCOC(=O)C1CCCN1S(=O)(=O)NCC1CCCNC1. The number of hydrogen-bond donors (Lipinski definition) is 2. The number of carbonyl (C=O) groups excluding carboxylic acids is 1. The Morgan fingerprint density at radius 2 is 2.19 bits per heavy atom. The molecule has 0 saturated carbocycles. The van der Waals surface area contributed by atoms with E-state index >= 15 is 0 Å². The number of hydrogen-bond acceptors (Lipinski definition) is 5. The first-order chi connectivity index (χ1) is 10.0. The molecule has 0 aromatic heterocycles. The van der Waals surface area contributed by atoms with Crippen LogP contribution in [0.25, 0.3) is 0 Å². The Morgan fingerprint density at radius 3 is 2.86 bits per heavy atom. The summed E-state index contributed by atoms with van der Waals surface area (Å²) in [5, 5.41) is 3.26. The summed E-state index contributed by atoms with van der Waals surface area (Å²) in [5.41, 5.74) is 0. The summed E-state index contributed by atoms with van der Waals surface area (Å²) < 4.78 is 33.6. The van der Waals surface area contributed by atoms with Gasteiger partial charge < -0.3 is 10.1 Å². The van der Waals surface area contributed by atoms with Crippen molar-refractivity contribution in [3.8, 4) is 0 Å². The van der Waals surface area contributed by atoms with Crippen molar-refractivity contribution in [2.24, 2.45) is 5.92 Å². The summed E-state index contributed by atoms with van der Waals surface area (Å²) in [6.45, 7) is 4.62. The normalized spacial score (nSPS) is 27.7. The highest BCUT2D eigenvalue weighted by molar-refractivity contribution is 7.87. The highest BCUT2D eigenvalue weighted by atomic mass is 32.2. The van der Waals surface area contributed by atoms with Crippen molar-refractivity contribution in [1.29, 1.82) is 0 Å². The second kappa shape index (κ2) is 7.53. The lowest BCUT2D eigenvalue weighted by atomic mass is 10.0. The van der Waals surface area contributed by atoms with E-state index in [2.05, 4.69) is 10.0 Å². The van der Waals surface area contributed by atoms with Crippen LogP contribution >= 0.6 is 0 Å². The Morgan fingerprint density at radius 1 is 1.38 bits per heavy atom. The molecule has 2 aliphatic heterocycles. The van der Waals surface area contributed by atoms with Gasteiger partial charge in [0.2, 0.25) is 0 Å². The van der Waals surface area contributed by atoms with Crippen LogP contribution in [0.5, 0.6) is 0 Å². The third-order valence-corrected chi connectivity index (χ3v) is 5.61. The van der Waals surface area contributed by atoms with Crippen LogP contribution in [-0.2, 0) is 19.7 Å². The van der Waals surface area contributed by atoms with Crippen molar-refractivity contribution in [2.75, 3.05) is 32.8 Å². The predicted octanol–water partition coefficient (Wildman–Crippen LogP) is -0.152. The van der Waals surface area contributed by atoms with Crippen molar-refractivity contribution in [1.82, 2.24) is 14.3 Å². The summed E-state index contributed by atoms with van der Waals surface area (Å²) in [6, 6.07) is -0.674. The highest BCUT2D eigenvalue weighted by Crippen LogP contribution is 2.21. The third kappa shape index (κ3) is 4.38. The van der Waals surface area contributed by atoms with Gasteiger partial charge in [0, 0.05) is 13.1 Å². The molecule has 8 heteroatoms. The molecule has 7 nitrogen and oxygen atoms in total. The second-order valence-electron chi connectivity index (χ2n) is 5.59. The third-order valence-electron chi connectivity index (χ3n) is 4.02. The monoisotopic (exact) mass is 319 g/mol. The largest absolute Gasteiger partial charge is 0.465 e. The van der Waals surface area contributed by atoms with Gasteiger partial charge in [0.15, 0.2) is 0 Å². The zero-order chi connectivity index (χ0) is 15.3. The van der Waals surface area contributed by atoms with Crippen molar-refractivity contribution in [2.45, 2.75) is 38.6 Å². The molecule has 0 aromatic rings. The van der Waals surface area contributed by atoms with Gasteiger partial charge >= 0.3 is 5.97 Å². The molecule has 2 rings (SSSR count). The molecular weight excluding hydrogens is 294 g/mol. The number of carbonyl (C=O) groups is 1. The number of nitrogens with one attached hydrogen (secondary N) is 2. The maximum Gasteiger partial charge on any atom is 0.324 e. The zero-order valence-corrected chi connectivity index (χ0v) is 13.3. The van der Waals surface area contributed by atoms with E-state index in [0.29, 0.717) is 31.8 Å². The Hall–Kier alpha value is -0.700. The van der Waals surface area contributed by atoms with Crippen LogP contribution in [-0.4, -0.2) is 57.5 Å². The van der Waals surface area contributed by atoms with Crippen LogP contribution in [0.15, 0.2) is 0 Å². The zero-order valence-electron chi connectivity index (χ0n) is 12.5. The van der Waals surface area contributed by atoms with Gasteiger partial charge in [-0.05, 0) is 51.6 Å². The topological polar surface area (TPSA) is 87.7 Å². The molecule has 2 fully saturated rings. The van der Waals surface area contributed by atoms with Crippen molar-refractivity contribution >= 4 is 16.2 Å². The van der Waals surface area contributed by atoms with Crippen LogP contribution in [0.2, 0.25) is 0 Å². The Labute approximate surface area is 126 Å². The summed E-state index contributed by atoms with van der Waals surface area (Å²) in [5.74, 6) is -0.128. The molecule has 0 aromatic carbocycles. The molecule has 21 heavy (non-hydrogen) atoms. The van der Waals surface area contributed by atoms with Gasteiger partial charge in [0.1, 0.15) is 6.04 Å². The second-order valence-corrected chi connectivity index (χ2v) is 7.29. The van der Waals surface area contributed by atoms with Gasteiger partial charge in [-0.1, -0.05) is 0 Å². The fourth-order valence-electron chi connectivity index (χ4n) is 2.91. The molecule has 2 N–H and O–H groups in total. The average molecular weight is 319 g/mol. The van der Waals surface area contributed by atoms with E-state index in [9.17, 15) is 13.2 Å². The van der Waals surface area contributed by atoms with Crippen LogP contribution in [0.4, 0.5) is 0 Å². The molecule has 0 radical (unpaired) electrons. The molecule has 2 atom stereocenters. The summed E-state index contributed by atoms with van der Waals surface area (Å²) in [6.07, 6.45) is 3.32. The number of rotatable bonds is 6. The Balaban J connectivity index is 1.92. The van der Waals surface area contributed by atoms with E-state index in [4.69, 9.17) is 4.74 Å². The molecule has 2 heterocycles. The predicted molar refractivity (Wildman–Crippen MR) is 78.9 cm³/mol. The summed E-state index contributed by atoms with van der Waals surface area (Å²) >= 11 is 0. The number of nitrogens with zero attached hydrogens (tertiary/aromatic N) is 1. The molecule has 0 aliphatic carbocycles. The van der Waals surface area contributed by atoms with Crippen LogP contribution < -0.4 is 10.0 Å². The Bertz CT molecular complexity index is 448. The van der Waals surface area contributed by atoms with E-state index in [0.717, 1.165) is 25.9 Å². The van der Waals surface area contributed by atoms with Crippen molar-refractivity contribution < 1.29 is 17.9 Å². The number of piperidine rings is 1. The summed E-state index contributed by atoms with van der Waals surface area (Å²) in [4.78, 5) is 11.8. The molecule has 122 valence electrons. The fourth-order valence-corrected chi connectivity index (χ4v) is 4.41. The number of ether oxygens (including phenoxy) is 1. The first-order valence-electron chi connectivity index (χ1n) is 7.68. The highest BCUT2D eigenvalue weighted by Gasteiger charge is 2.39. The Kier molecular flexibility index (Phi) is 5.98. The molecule has 0 spiro atoms. The summed E-state index contributed by atoms with van der Waals surface area (Å²) in [7, 11) is -3.62. The molecular formula is C13H25N3O4S. The minimum absolute atomic E-state index is 0.268. The number of esters is 1. The van der Waals surface area contributed by atoms with Gasteiger partial charge in [-0.2, -0.15) is 12.7 Å². The quantitative estimate of drug-likeness (QED) is 0.665. The molecule has 2 saturated heterocycles. The van der Waals surface area contributed by atoms with Crippen LogP contribution in [0.1, 0.15) is 32.6 Å². The minimum atomic E-state index is -3.62. The van der Waals surface area contributed by atoms with E-state index in [1.54, 1.807) is 6.92 Å². The smallest absolute Gasteiger partial charge is 0.324 e. The molecule has 0 amide bonds. The van der Waals surface area contributed by atoms with Crippen molar-refractivity contribution in [3.63, 3.8) is 0 Å². The minimum Gasteiger partial charge on any atom is -0.465 e. The van der Waals surface area contributed by atoms with E-state index in [1.807, 2.05) is 0 Å².